The fraction of sp³-hybridized carbons (Fsp3) is 0.389. The van der Waals surface area contributed by atoms with Crippen molar-refractivity contribution in [2.45, 2.75) is 38.2 Å². The number of halogens is 2. The highest BCUT2D eigenvalue weighted by Crippen LogP contribution is 2.40. The van der Waals surface area contributed by atoms with Crippen LogP contribution in [0.3, 0.4) is 0 Å². The van der Waals surface area contributed by atoms with Crippen molar-refractivity contribution < 1.29 is 23.7 Å². The molecular weight excluding hydrogens is 711 g/mol. The Morgan fingerprint density at radius 2 is 1.58 bits per heavy atom. The maximum absolute atomic E-state index is 13.1. The maximum Gasteiger partial charge on any atom is 0.350 e. The van der Waals surface area contributed by atoms with E-state index >= 15 is 0 Å². The van der Waals surface area contributed by atoms with Gasteiger partial charge in [-0.05, 0) is 67.6 Å². The van der Waals surface area contributed by atoms with Crippen LogP contribution in [-0.4, -0.2) is 95.1 Å². The molecule has 4 heterocycles. The molecule has 14 nitrogen and oxygen atoms in total. The largest absolute Gasteiger partial charge is 0.491 e. The molecule has 2 saturated heterocycles. The molecule has 0 radical (unpaired) electrons. The number of ether oxygens (including phenoxy) is 5. The number of methoxy groups -OCH3 is 2. The van der Waals surface area contributed by atoms with Gasteiger partial charge in [-0.3, -0.25) is 0 Å². The molecule has 0 aliphatic carbocycles. The molecule has 274 valence electrons. The van der Waals surface area contributed by atoms with Gasteiger partial charge in [0.2, 0.25) is 5.79 Å². The topological polar surface area (TPSA) is 123 Å². The summed E-state index contributed by atoms with van der Waals surface area (Å²) in [6.07, 6.45) is 2.17. The first-order valence-corrected chi connectivity index (χ1v) is 17.7. The van der Waals surface area contributed by atoms with E-state index in [0.29, 0.717) is 34.6 Å². The van der Waals surface area contributed by atoms with Crippen LogP contribution in [0, 0.1) is 6.92 Å². The van der Waals surface area contributed by atoms with Gasteiger partial charge in [0.25, 0.3) is 0 Å². The quantitative estimate of drug-likeness (QED) is 0.158. The molecule has 5 aromatic rings. The van der Waals surface area contributed by atoms with Crippen molar-refractivity contribution in [3.63, 3.8) is 0 Å². The second-order valence-corrected chi connectivity index (χ2v) is 13.4. The zero-order chi connectivity index (χ0) is 36.2. The third-order valence-corrected chi connectivity index (χ3v) is 9.82. The molecule has 52 heavy (non-hydrogen) atoms. The fourth-order valence-electron chi connectivity index (χ4n) is 6.58. The first kappa shape index (κ1) is 35.9. The van der Waals surface area contributed by atoms with E-state index in [2.05, 4.69) is 49.2 Å². The lowest BCUT2D eigenvalue weighted by Crippen LogP contribution is -2.46. The number of benzene rings is 3. The summed E-state index contributed by atoms with van der Waals surface area (Å²) in [6.45, 7) is 6.32. The summed E-state index contributed by atoms with van der Waals surface area (Å²) in [5.74, 6) is 0.163. The highest BCUT2D eigenvalue weighted by Gasteiger charge is 2.45. The number of aryl methyl sites for hydroxylation is 1. The number of aromatic nitrogens is 6. The minimum Gasteiger partial charge on any atom is -0.491 e. The SMILES string of the molecule is COC(Cn1nc(C)n(-c2ccc(N3CCN(c4ccc(OCC5COC(Cn6cncn6)(c6ccc(Cl)cc6Cl)O5)cc4)CC3)cc2)c1=O)OC. The lowest BCUT2D eigenvalue weighted by Gasteiger charge is -2.37. The monoisotopic (exact) mass is 750 g/mol. The predicted octanol–water partition coefficient (Wildman–Crippen LogP) is 4.53. The molecular formula is C36H40Cl2N8O6. The molecule has 0 spiro atoms. The minimum absolute atomic E-state index is 0.206. The van der Waals surface area contributed by atoms with Crippen molar-refractivity contribution in [3.8, 4) is 11.4 Å². The standard InChI is InChI=1S/C36H40Cl2N8O6/c1-25-41-45(19-34(48-2)49-3)35(47)46(25)29-7-5-27(6-8-29)42-14-16-43(17-15-42)28-9-11-30(12-10-28)50-20-31-21-51-36(52-31,22-44-24-39-23-40-44)32-13-4-26(37)18-33(32)38/h4-13,18,23-24,31,34H,14-17,19-22H2,1-3H3. The average Bonchev–Trinajstić information content (AvgIpc) is 3.89. The Kier molecular flexibility index (Phi) is 10.8. The van der Waals surface area contributed by atoms with Gasteiger partial charge in [0, 0.05) is 62.4 Å². The predicted molar refractivity (Wildman–Crippen MR) is 196 cm³/mol. The van der Waals surface area contributed by atoms with Gasteiger partial charge in [-0.25, -0.2) is 23.7 Å². The number of rotatable bonds is 13. The van der Waals surface area contributed by atoms with Gasteiger partial charge in [0.1, 0.15) is 43.5 Å². The summed E-state index contributed by atoms with van der Waals surface area (Å²) >= 11 is 12.8. The van der Waals surface area contributed by atoms with E-state index in [9.17, 15) is 4.79 Å². The van der Waals surface area contributed by atoms with Gasteiger partial charge >= 0.3 is 5.69 Å². The molecule has 0 amide bonds. The third kappa shape index (κ3) is 7.68. The molecule has 16 heteroatoms. The number of nitrogens with zero attached hydrogens (tertiary/aromatic N) is 8. The summed E-state index contributed by atoms with van der Waals surface area (Å²) in [5.41, 5.74) is 3.41. The fourth-order valence-corrected chi connectivity index (χ4v) is 7.13. The molecule has 2 aliphatic heterocycles. The average molecular weight is 752 g/mol. The summed E-state index contributed by atoms with van der Waals surface area (Å²) in [7, 11) is 3.07. The van der Waals surface area contributed by atoms with Crippen LogP contribution in [0.25, 0.3) is 5.69 Å². The Morgan fingerprint density at radius 1 is 0.923 bits per heavy atom. The van der Waals surface area contributed by atoms with Gasteiger partial charge in [0.05, 0.1) is 23.9 Å². The van der Waals surface area contributed by atoms with Crippen LogP contribution in [0.5, 0.6) is 5.75 Å². The van der Waals surface area contributed by atoms with Gasteiger partial charge in [0.15, 0.2) is 6.29 Å². The van der Waals surface area contributed by atoms with E-state index in [0.717, 1.165) is 49.0 Å². The van der Waals surface area contributed by atoms with Crippen LogP contribution >= 0.6 is 23.2 Å². The molecule has 2 atom stereocenters. The van der Waals surface area contributed by atoms with Crippen molar-refractivity contribution in [1.29, 1.82) is 0 Å². The Labute approximate surface area is 310 Å². The zero-order valence-electron chi connectivity index (χ0n) is 29.1. The Morgan fingerprint density at radius 3 is 2.19 bits per heavy atom. The number of piperazine rings is 1. The van der Waals surface area contributed by atoms with Gasteiger partial charge in [-0.15, -0.1) is 0 Å². The van der Waals surface area contributed by atoms with Gasteiger partial charge in [-0.1, -0.05) is 29.3 Å². The summed E-state index contributed by atoms with van der Waals surface area (Å²) in [6, 6.07) is 21.4. The van der Waals surface area contributed by atoms with Gasteiger partial charge < -0.3 is 33.5 Å². The molecule has 2 unspecified atom stereocenters. The molecule has 0 N–H and O–H groups in total. The van der Waals surface area contributed by atoms with E-state index in [1.54, 1.807) is 27.7 Å². The van der Waals surface area contributed by atoms with Crippen molar-refractivity contribution in [2.24, 2.45) is 0 Å². The highest BCUT2D eigenvalue weighted by atomic mass is 35.5. The van der Waals surface area contributed by atoms with Crippen LogP contribution in [0.15, 0.2) is 84.2 Å². The highest BCUT2D eigenvalue weighted by molar-refractivity contribution is 6.35. The summed E-state index contributed by atoms with van der Waals surface area (Å²) in [5, 5.41) is 9.59. The van der Waals surface area contributed by atoms with E-state index in [1.165, 1.54) is 25.2 Å². The zero-order valence-corrected chi connectivity index (χ0v) is 30.6. The van der Waals surface area contributed by atoms with Crippen LogP contribution in [0.1, 0.15) is 11.4 Å². The lowest BCUT2D eigenvalue weighted by atomic mass is 10.1. The Hall–Kier alpha value is -4.44. The van der Waals surface area contributed by atoms with Crippen molar-refractivity contribution in [2.75, 3.05) is 63.4 Å². The molecule has 2 aromatic heterocycles. The van der Waals surface area contributed by atoms with Crippen LogP contribution < -0.4 is 20.2 Å². The minimum atomic E-state index is -1.17. The van der Waals surface area contributed by atoms with Crippen LogP contribution in [0.2, 0.25) is 10.0 Å². The smallest absolute Gasteiger partial charge is 0.350 e. The van der Waals surface area contributed by atoms with Crippen LogP contribution in [0.4, 0.5) is 11.4 Å². The Bertz CT molecular complexity index is 1990. The molecule has 7 rings (SSSR count). The molecule has 2 aliphatic rings. The second-order valence-electron chi connectivity index (χ2n) is 12.6. The van der Waals surface area contributed by atoms with E-state index in [4.69, 9.17) is 46.9 Å². The summed E-state index contributed by atoms with van der Waals surface area (Å²) in [4.78, 5) is 21.8. The molecule has 0 saturated carbocycles. The van der Waals surface area contributed by atoms with E-state index in [1.807, 2.05) is 37.3 Å². The molecule has 2 fully saturated rings. The summed E-state index contributed by atoms with van der Waals surface area (Å²) < 4.78 is 34.0. The number of hydrogen-bond acceptors (Lipinski definition) is 11. The van der Waals surface area contributed by atoms with Crippen molar-refractivity contribution >= 4 is 34.6 Å². The van der Waals surface area contributed by atoms with Crippen molar-refractivity contribution in [1.82, 2.24) is 29.1 Å². The maximum atomic E-state index is 13.1. The van der Waals surface area contributed by atoms with E-state index < -0.39 is 12.1 Å². The normalized spacial score (nSPS) is 19.2. The third-order valence-electron chi connectivity index (χ3n) is 9.28. The Balaban J connectivity index is 0.923. The molecule has 0 bridgehead atoms. The number of anilines is 2. The molecule has 3 aromatic carbocycles. The van der Waals surface area contributed by atoms with E-state index in [-0.39, 0.29) is 24.9 Å². The number of hydrogen-bond donors (Lipinski definition) is 0. The van der Waals surface area contributed by atoms with Gasteiger partial charge in [-0.2, -0.15) is 10.2 Å². The lowest BCUT2D eigenvalue weighted by molar-refractivity contribution is -0.190. The first-order chi connectivity index (χ1) is 25.2. The van der Waals surface area contributed by atoms with Crippen molar-refractivity contribution in [3.05, 3.63) is 111 Å². The van der Waals surface area contributed by atoms with Crippen LogP contribution in [-0.2, 0) is 37.8 Å². The second kappa shape index (κ2) is 15.7. The first-order valence-electron chi connectivity index (χ1n) is 16.9.